The van der Waals surface area contributed by atoms with Crippen LogP contribution in [0.5, 0.6) is 0 Å². The van der Waals surface area contributed by atoms with Gasteiger partial charge in [-0.15, -0.1) is 0 Å². The first kappa shape index (κ1) is 13.1. The minimum Gasteiger partial charge on any atom is -0.383 e. The highest BCUT2D eigenvalue weighted by Crippen LogP contribution is 1.97. The Kier molecular flexibility index (Phi) is 6.72. The molecule has 16 heavy (non-hydrogen) atoms. The summed E-state index contributed by atoms with van der Waals surface area (Å²) in [7, 11) is 3.82. The van der Waals surface area contributed by atoms with Crippen LogP contribution in [0.1, 0.15) is 5.69 Å². The van der Waals surface area contributed by atoms with Gasteiger partial charge in [0.1, 0.15) is 0 Å². The molecule has 0 aliphatic heterocycles. The van der Waals surface area contributed by atoms with Crippen molar-refractivity contribution in [3.63, 3.8) is 0 Å². The first-order valence-electron chi connectivity index (χ1n) is 5.61. The average Bonchev–Trinajstić information content (AvgIpc) is 2.30. The molecule has 4 nitrogen and oxygen atoms in total. The molecular weight excluding hydrogens is 202 g/mol. The highest BCUT2D eigenvalue weighted by atomic mass is 16.5. The molecule has 0 unspecified atom stereocenters. The number of nitrogens with one attached hydrogen (secondary N) is 1. The Morgan fingerprint density at radius 3 is 2.94 bits per heavy atom. The van der Waals surface area contributed by atoms with Crippen LogP contribution in [-0.4, -0.2) is 50.3 Å². The van der Waals surface area contributed by atoms with Crippen molar-refractivity contribution in [2.45, 2.75) is 6.54 Å². The van der Waals surface area contributed by atoms with Crippen molar-refractivity contribution < 1.29 is 4.74 Å². The molecule has 0 spiro atoms. The van der Waals surface area contributed by atoms with Crippen molar-refractivity contribution in [2.24, 2.45) is 0 Å². The fourth-order valence-corrected chi connectivity index (χ4v) is 1.42. The van der Waals surface area contributed by atoms with Gasteiger partial charge < -0.3 is 10.1 Å². The molecule has 0 fully saturated rings. The van der Waals surface area contributed by atoms with Gasteiger partial charge in [-0.1, -0.05) is 6.07 Å². The van der Waals surface area contributed by atoms with Gasteiger partial charge in [0.15, 0.2) is 0 Å². The normalized spacial score (nSPS) is 10.9. The van der Waals surface area contributed by atoms with Crippen LogP contribution in [0.2, 0.25) is 0 Å². The van der Waals surface area contributed by atoms with E-state index in [0.29, 0.717) is 0 Å². The third-order valence-corrected chi connectivity index (χ3v) is 2.31. The Labute approximate surface area is 97.6 Å². The Morgan fingerprint density at radius 2 is 2.25 bits per heavy atom. The van der Waals surface area contributed by atoms with E-state index in [0.717, 1.165) is 38.5 Å². The summed E-state index contributed by atoms with van der Waals surface area (Å²) < 4.78 is 4.96. The molecule has 1 aromatic heterocycles. The van der Waals surface area contributed by atoms with Crippen molar-refractivity contribution >= 4 is 0 Å². The van der Waals surface area contributed by atoms with Crippen LogP contribution < -0.4 is 5.32 Å². The highest BCUT2D eigenvalue weighted by molar-refractivity contribution is 5.02. The molecule has 1 heterocycles. The standard InChI is InChI=1S/C12H21N3O/c1-15(9-7-13-8-10-16-2)11-12-5-3-4-6-14-12/h3-6,13H,7-11H2,1-2H3. The summed E-state index contributed by atoms with van der Waals surface area (Å²) in [6.45, 7) is 4.57. The Bertz CT molecular complexity index is 266. The molecular formula is C12H21N3O. The lowest BCUT2D eigenvalue weighted by atomic mass is 10.3. The van der Waals surface area contributed by atoms with Crippen LogP contribution in [0.3, 0.4) is 0 Å². The van der Waals surface area contributed by atoms with Crippen LogP contribution in [0, 0.1) is 0 Å². The van der Waals surface area contributed by atoms with Crippen LogP contribution in [0.15, 0.2) is 24.4 Å². The number of hydrogen-bond acceptors (Lipinski definition) is 4. The summed E-state index contributed by atoms with van der Waals surface area (Å²) in [5.41, 5.74) is 1.11. The molecule has 0 bridgehead atoms. The van der Waals surface area contributed by atoms with Crippen molar-refractivity contribution in [3.8, 4) is 0 Å². The molecule has 4 heteroatoms. The van der Waals surface area contributed by atoms with E-state index in [9.17, 15) is 0 Å². The maximum atomic E-state index is 4.96. The van der Waals surface area contributed by atoms with Gasteiger partial charge in [-0.05, 0) is 19.2 Å². The van der Waals surface area contributed by atoms with E-state index in [1.807, 2.05) is 18.3 Å². The number of likely N-dealkylation sites (N-methyl/N-ethyl adjacent to an activating group) is 1. The lowest BCUT2D eigenvalue weighted by molar-refractivity contribution is 0.197. The van der Waals surface area contributed by atoms with Crippen molar-refractivity contribution in [1.82, 2.24) is 15.2 Å². The molecule has 0 aromatic carbocycles. The minimum atomic E-state index is 0.768. The number of ether oxygens (including phenoxy) is 1. The highest BCUT2D eigenvalue weighted by Gasteiger charge is 1.99. The minimum absolute atomic E-state index is 0.768. The third-order valence-electron chi connectivity index (χ3n) is 2.31. The van der Waals surface area contributed by atoms with Crippen molar-refractivity contribution in [2.75, 3.05) is 40.4 Å². The number of methoxy groups -OCH3 is 1. The van der Waals surface area contributed by atoms with Gasteiger partial charge >= 0.3 is 0 Å². The predicted molar refractivity (Wildman–Crippen MR) is 65.3 cm³/mol. The summed E-state index contributed by atoms with van der Waals surface area (Å²) in [5, 5.41) is 3.32. The zero-order valence-electron chi connectivity index (χ0n) is 10.1. The van der Waals surface area contributed by atoms with Crippen LogP contribution in [0.4, 0.5) is 0 Å². The van der Waals surface area contributed by atoms with Gasteiger partial charge in [0.05, 0.1) is 12.3 Å². The number of nitrogens with zero attached hydrogens (tertiary/aromatic N) is 2. The van der Waals surface area contributed by atoms with E-state index in [2.05, 4.69) is 28.3 Å². The van der Waals surface area contributed by atoms with Crippen molar-refractivity contribution in [3.05, 3.63) is 30.1 Å². The summed E-state index contributed by atoms with van der Waals surface area (Å²) in [6.07, 6.45) is 1.83. The Balaban J connectivity index is 2.09. The van der Waals surface area contributed by atoms with E-state index in [1.165, 1.54) is 0 Å². The topological polar surface area (TPSA) is 37.4 Å². The summed E-state index contributed by atoms with van der Waals surface area (Å²) in [6, 6.07) is 6.01. The third kappa shape index (κ3) is 5.80. The average molecular weight is 223 g/mol. The van der Waals surface area contributed by atoms with E-state index in [4.69, 9.17) is 4.74 Å². The maximum absolute atomic E-state index is 4.96. The molecule has 0 amide bonds. The summed E-state index contributed by atoms with van der Waals surface area (Å²) >= 11 is 0. The quantitative estimate of drug-likeness (QED) is 0.660. The van der Waals surface area contributed by atoms with Crippen LogP contribution >= 0.6 is 0 Å². The van der Waals surface area contributed by atoms with Crippen LogP contribution in [-0.2, 0) is 11.3 Å². The second-order valence-corrected chi connectivity index (χ2v) is 3.80. The van der Waals surface area contributed by atoms with Gasteiger partial charge in [0.2, 0.25) is 0 Å². The molecule has 90 valence electrons. The van der Waals surface area contributed by atoms with E-state index in [-0.39, 0.29) is 0 Å². The lowest BCUT2D eigenvalue weighted by Gasteiger charge is -2.16. The monoisotopic (exact) mass is 223 g/mol. The van der Waals surface area contributed by atoms with Crippen molar-refractivity contribution in [1.29, 1.82) is 0 Å². The zero-order chi connectivity index (χ0) is 11.6. The SMILES string of the molecule is COCCNCCN(C)Cc1ccccn1. The van der Waals surface area contributed by atoms with Gasteiger partial charge in [-0.3, -0.25) is 9.88 Å². The smallest absolute Gasteiger partial charge is 0.0587 e. The molecule has 0 aliphatic rings. The first-order chi connectivity index (χ1) is 7.83. The molecule has 0 saturated heterocycles. The molecule has 0 atom stereocenters. The number of hydrogen-bond donors (Lipinski definition) is 1. The number of rotatable bonds is 8. The van der Waals surface area contributed by atoms with E-state index < -0.39 is 0 Å². The second kappa shape index (κ2) is 8.21. The summed E-state index contributed by atoms with van der Waals surface area (Å²) in [4.78, 5) is 6.55. The lowest BCUT2D eigenvalue weighted by Crippen LogP contribution is -2.30. The van der Waals surface area contributed by atoms with Gasteiger partial charge in [0, 0.05) is 39.5 Å². The van der Waals surface area contributed by atoms with E-state index >= 15 is 0 Å². The van der Waals surface area contributed by atoms with Gasteiger partial charge in [-0.2, -0.15) is 0 Å². The fourth-order valence-electron chi connectivity index (χ4n) is 1.42. The van der Waals surface area contributed by atoms with Gasteiger partial charge in [-0.25, -0.2) is 0 Å². The fraction of sp³-hybridized carbons (Fsp3) is 0.583. The number of aromatic nitrogens is 1. The molecule has 0 radical (unpaired) electrons. The molecule has 1 N–H and O–H groups in total. The van der Waals surface area contributed by atoms with Crippen LogP contribution in [0.25, 0.3) is 0 Å². The molecule has 0 aliphatic carbocycles. The second-order valence-electron chi connectivity index (χ2n) is 3.80. The summed E-state index contributed by atoms with van der Waals surface area (Å²) in [5.74, 6) is 0. The Hall–Kier alpha value is -0.970. The largest absolute Gasteiger partial charge is 0.383 e. The molecule has 1 aromatic rings. The van der Waals surface area contributed by atoms with E-state index in [1.54, 1.807) is 7.11 Å². The first-order valence-corrected chi connectivity index (χ1v) is 5.61. The zero-order valence-corrected chi connectivity index (χ0v) is 10.1. The maximum Gasteiger partial charge on any atom is 0.0587 e. The molecule has 0 saturated carbocycles. The Morgan fingerprint density at radius 1 is 1.38 bits per heavy atom. The van der Waals surface area contributed by atoms with Gasteiger partial charge in [0.25, 0.3) is 0 Å². The predicted octanol–water partition coefficient (Wildman–Crippen LogP) is 0.749. The molecule has 1 rings (SSSR count). The number of pyridine rings is 1.